The minimum atomic E-state index is 0.0343. The van der Waals surface area contributed by atoms with Gasteiger partial charge in [-0.3, -0.25) is 14.7 Å². The Morgan fingerprint density at radius 3 is 2.54 bits per heavy atom. The fraction of sp³-hybridized carbons (Fsp3) is 0.300. The van der Waals surface area contributed by atoms with Gasteiger partial charge < -0.3 is 15.2 Å². The van der Waals surface area contributed by atoms with E-state index in [0.717, 1.165) is 52.9 Å². The summed E-state index contributed by atoms with van der Waals surface area (Å²) in [6, 6.07) is 14.4. The van der Waals surface area contributed by atoms with Crippen LogP contribution in [-0.4, -0.2) is 57.4 Å². The molecule has 0 fully saturated rings. The van der Waals surface area contributed by atoms with Crippen LogP contribution in [0.1, 0.15) is 46.6 Å². The minimum absolute atomic E-state index is 0.0343. The molecule has 0 spiro atoms. The van der Waals surface area contributed by atoms with Crippen molar-refractivity contribution in [2.75, 3.05) is 32.9 Å². The molecule has 1 aromatic carbocycles. The zero-order valence-corrected chi connectivity index (χ0v) is 22.2. The van der Waals surface area contributed by atoms with Gasteiger partial charge in [0.1, 0.15) is 5.65 Å². The van der Waals surface area contributed by atoms with Gasteiger partial charge in [0.25, 0.3) is 5.91 Å². The summed E-state index contributed by atoms with van der Waals surface area (Å²) in [4.78, 5) is 25.7. The van der Waals surface area contributed by atoms with E-state index in [0.29, 0.717) is 5.69 Å². The number of aryl methyl sites for hydroxylation is 2. The van der Waals surface area contributed by atoms with E-state index in [4.69, 9.17) is 5.73 Å². The molecular formula is C30H34N6O. The fourth-order valence-electron chi connectivity index (χ4n) is 5.31. The molecule has 7 nitrogen and oxygen atoms in total. The van der Waals surface area contributed by atoms with Crippen molar-refractivity contribution < 1.29 is 4.79 Å². The molecule has 0 saturated heterocycles. The van der Waals surface area contributed by atoms with Crippen molar-refractivity contribution in [2.45, 2.75) is 26.3 Å². The molecule has 5 rings (SSSR count). The third-order valence-corrected chi connectivity index (χ3v) is 7.47. The number of carbonyl (C=O) groups is 1. The predicted octanol–water partition coefficient (Wildman–Crippen LogP) is 5.08. The van der Waals surface area contributed by atoms with Gasteiger partial charge in [0.15, 0.2) is 0 Å². The molecule has 4 aromatic rings. The lowest BCUT2D eigenvalue weighted by molar-refractivity contribution is 0.0827. The molecule has 7 heteroatoms. The average molecular weight is 495 g/mol. The van der Waals surface area contributed by atoms with Gasteiger partial charge >= 0.3 is 0 Å². The van der Waals surface area contributed by atoms with Crippen LogP contribution in [0.4, 0.5) is 5.69 Å². The first-order valence-corrected chi connectivity index (χ1v) is 12.7. The standard InChI is InChI=1S/C30H34N6O/c1-19-16-22(30(37)34(3)4)6-8-24(19)21-11-14-36(15-12-21)20(2)28-17-26-25(10-13-32-29(26)35(28)5)27-9-7-23(31)18-33-27/h6-11,13,16-18,20H,12,14-15,31H2,1-5H3/t20-/m0/s1. The first kappa shape index (κ1) is 24.7. The van der Waals surface area contributed by atoms with E-state index < -0.39 is 0 Å². The Morgan fingerprint density at radius 1 is 1.08 bits per heavy atom. The molecule has 2 N–H and O–H groups in total. The van der Waals surface area contributed by atoms with Gasteiger partial charge in [-0.15, -0.1) is 0 Å². The first-order chi connectivity index (χ1) is 17.7. The number of rotatable bonds is 5. The molecule has 0 radical (unpaired) electrons. The molecule has 0 aliphatic carbocycles. The molecule has 0 bridgehead atoms. The van der Waals surface area contributed by atoms with Crippen molar-refractivity contribution in [2.24, 2.45) is 7.05 Å². The summed E-state index contributed by atoms with van der Waals surface area (Å²) in [5.74, 6) is 0.0343. The number of nitrogens with two attached hydrogens (primary N) is 1. The summed E-state index contributed by atoms with van der Waals surface area (Å²) >= 11 is 0. The minimum Gasteiger partial charge on any atom is -0.397 e. The quantitative estimate of drug-likeness (QED) is 0.419. The molecule has 1 amide bonds. The molecule has 4 heterocycles. The number of anilines is 1. The average Bonchev–Trinajstić information content (AvgIpc) is 3.25. The van der Waals surface area contributed by atoms with Gasteiger partial charge in [-0.05, 0) is 73.4 Å². The predicted molar refractivity (Wildman–Crippen MR) is 150 cm³/mol. The second kappa shape index (κ2) is 9.82. The van der Waals surface area contributed by atoms with E-state index in [1.165, 1.54) is 16.8 Å². The lowest BCUT2D eigenvalue weighted by atomic mass is 9.93. The van der Waals surface area contributed by atoms with E-state index in [9.17, 15) is 4.79 Å². The van der Waals surface area contributed by atoms with Crippen molar-refractivity contribution in [3.63, 3.8) is 0 Å². The number of aromatic nitrogens is 3. The number of benzene rings is 1. The normalized spacial score (nSPS) is 15.0. The Hall–Kier alpha value is -3.97. The zero-order valence-electron chi connectivity index (χ0n) is 22.2. The summed E-state index contributed by atoms with van der Waals surface area (Å²) in [6.07, 6.45) is 6.84. The number of pyridine rings is 2. The lowest BCUT2D eigenvalue weighted by Gasteiger charge is -2.32. The van der Waals surface area contributed by atoms with Crippen molar-refractivity contribution >= 4 is 28.2 Å². The van der Waals surface area contributed by atoms with Crippen molar-refractivity contribution in [3.8, 4) is 11.3 Å². The number of fused-ring (bicyclic) bond motifs is 1. The van der Waals surface area contributed by atoms with E-state index in [1.54, 1.807) is 25.2 Å². The SMILES string of the molecule is Cc1cc(C(=O)N(C)C)ccc1C1=CCN([C@@H](C)c2cc3c(-c4ccc(N)cn4)ccnc3n2C)CC1. The monoisotopic (exact) mass is 494 g/mol. The summed E-state index contributed by atoms with van der Waals surface area (Å²) in [6.45, 7) is 6.19. The Morgan fingerprint density at radius 2 is 1.89 bits per heavy atom. The first-order valence-electron chi connectivity index (χ1n) is 12.7. The van der Waals surface area contributed by atoms with Crippen LogP contribution in [0.25, 0.3) is 27.9 Å². The van der Waals surface area contributed by atoms with Crippen LogP contribution in [0, 0.1) is 6.92 Å². The van der Waals surface area contributed by atoms with Crippen LogP contribution in [0.5, 0.6) is 0 Å². The maximum atomic E-state index is 12.3. The zero-order chi connectivity index (χ0) is 26.3. The molecule has 3 aromatic heterocycles. The Balaban J connectivity index is 1.39. The van der Waals surface area contributed by atoms with Gasteiger partial charge in [0.05, 0.1) is 17.6 Å². The number of nitrogen functional groups attached to an aromatic ring is 1. The van der Waals surface area contributed by atoms with Crippen LogP contribution in [0.2, 0.25) is 0 Å². The summed E-state index contributed by atoms with van der Waals surface area (Å²) in [5, 5.41) is 1.10. The highest BCUT2D eigenvalue weighted by atomic mass is 16.2. The molecule has 37 heavy (non-hydrogen) atoms. The molecule has 0 saturated carbocycles. The van der Waals surface area contributed by atoms with E-state index in [-0.39, 0.29) is 11.9 Å². The third-order valence-electron chi connectivity index (χ3n) is 7.47. The fourth-order valence-corrected chi connectivity index (χ4v) is 5.31. The molecule has 1 atom stereocenters. The van der Waals surface area contributed by atoms with Crippen LogP contribution < -0.4 is 5.73 Å². The van der Waals surface area contributed by atoms with E-state index in [1.807, 2.05) is 36.5 Å². The largest absolute Gasteiger partial charge is 0.397 e. The topological polar surface area (TPSA) is 80.3 Å². The Bertz CT molecular complexity index is 1500. The number of hydrogen-bond donors (Lipinski definition) is 1. The summed E-state index contributed by atoms with van der Waals surface area (Å²) in [7, 11) is 5.66. The second-order valence-corrected chi connectivity index (χ2v) is 10.1. The molecule has 190 valence electrons. The maximum Gasteiger partial charge on any atom is 0.253 e. The van der Waals surface area contributed by atoms with Crippen LogP contribution >= 0.6 is 0 Å². The molecule has 1 aliphatic rings. The highest BCUT2D eigenvalue weighted by molar-refractivity contribution is 5.95. The Kier molecular flexibility index (Phi) is 6.56. The van der Waals surface area contributed by atoms with E-state index >= 15 is 0 Å². The van der Waals surface area contributed by atoms with Crippen molar-refractivity contribution in [3.05, 3.63) is 83.3 Å². The Labute approximate surface area is 218 Å². The number of nitrogens with zero attached hydrogens (tertiary/aromatic N) is 5. The second-order valence-electron chi connectivity index (χ2n) is 10.1. The maximum absolute atomic E-state index is 12.3. The van der Waals surface area contributed by atoms with Gasteiger partial charge in [0, 0.05) is 68.7 Å². The van der Waals surface area contributed by atoms with Gasteiger partial charge in [-0.2, -0.15) is 0 Å². The summed E-state index contributed by atoms with van der Waals surface area (Å²) < 4.78 is 2.20. The van der Waals surface area contributed by atoms with Crippen molar-refractivity contribution in [1.29, 1.82) is 0 Å². The molecule has 1 aliphatic heterocycles. The number of carbonyl (C=O) groups excluding carboxylic acids is 1. The summed E-state index contributed by atoms with van der Waals surface area (Å²) in [5.41, 5.74) is 15.1. The molecular weight excluding hydrogens is 460 g/mol. The number of amides is 1. The van der Waals surface area contributed by atoms with Crippen molar-refractivity contribution in [1.82, 2.24) is 24.3 Å². The van der Waals surface area contributed by atoms with Crippen LogP contribution in [-0.2, 0) is 7.05 Å². The van der Waals surface area contributed by atoms with Crippen LogP contribution in [0.15, 0.2) is 60.9 Å². The highest BCUT2D eigenvalue weighted by Crippen LogP contribution is 2.34. The van der Waals surface area contributed by atoms with Gasteiger partial charge in [-0.25, -0.2) is 4.98 Å². The van der Waals surface area contributed by atoms with E-state index in [2.05, 4.69) is 58.5 Å². The third kappa shape index (κ3) is 4.62. The highest BCUT2D eigenvalue weighted by Gasteiger charge is 2.24. The van der Waals surface area contributed by atoms with Gasteiger partial charge in [-0.1, -0.05) is 12.1 Å². The van der Waals surface area contributed by atoms with Gasteiger partial charge in [0.2, 0.25) is 0 Å². The van der Waals surface area contributed by atoms with Crippen LogP contribution in [0.3, 0.4) is 0 Å². The molecule has 0 unspecified atom stereocenters. The smallest absolute Gasteiger partial charge is 0.253 e. The lowest BCUT2D eigenvalue weighted by Crippen LogP contribution is -2.32. The number of hydrogen-bond acceptors (Lipinski definition) is 5.